The molecule has 2 heterocycles. The van der Waals surface area contributed by atoms with E-state index in [0.717, 1.165) is 59.4 Å². The molecule has 0 amide bonds. The van der Waals surface area contributed by atoms with Crippen molar-refractivity contribution in [3.05, 3.63) is 72.0 Å². The standard InChI is InChI=1S/C28H32N4O2/c1-19(2)27-32-31-25(34-27)17-8-6-5-7-12-21-13-11-14-22(18-21)26-28(33-20(3)4)30-24-16-10-9-15-23(24)29-26/h7,9-16,18-20H,5-6,8,17H2,1-4H3. The van der Waals surface area contributed by atoms with Crippen LogP contribution in [0, 0.1) is 0 Å². The Kier molecular flexibility index (Phi) is 7.68. The van der Waals surface area contributed by atoms with E-state index >= 15 is 0 Å². The van der Waals surface area contributed by atoms with Crippen LogP contribution in [0.5, 0.6) is 5.88 Å². The van der Waals surface area contributed by atoms with Crippen molar-refractivity contribution in [3.63, 3.8) is 0 Å². The van der Waals surface area contributed by atoms with Gasteiger partial charge in [0.1, 0.15) is 5.69 Å². The summed E-state index contributed by atoms with van der Waals surface area (Å²) < 4.78 is 11.7. The van der Waals surface area contributed by atoms with E-state index in [1.54, 1.807) is 0 Å². The number of rotatable bonds is 10. The Labute approximate surface area is 201 Å². The highest BCUT2D eigenvalue weighted by Gasteiger charge is 2.14. The summed E-state index contributed by atoms with van der Waals surface area (Å²) in [6.07, 6.45) is 8.29. The van der Waals surface area contributed by atoms with Gasteiger partial charge in [-0.1, -0.05) is 56.3 Å². The highest BCUT2D eigenvalue weighted by Crippen LogP contribution is 2.30. The van der Waals surface area contributed by atoms with Crippen LogP contribution in [0.15, 0.2) is 59.0 Å². The molecule has 0 unspecified atom stereocenters. The number of aromatic nitrogens is 4. The van der Waals surface area contributed by atoms with Gasteiger partial charge in [-0.3, -0.25) is 0 Å². The van der Waals surface area contributed by atoms with Crippen molar-refractivity contribution in [1.82, 2.24) is 20.2 Å². The SMILES string of the molecule is CC(C)Oc1nc2ccccc2nc1-c1cccc(C=CCCCCc2nnc(C(C)C)o2)c1. The number of para-hydroxylation sites is 2. The van der Waals surface area contributed by atoms with Crippen molar-refractivity contribution in [2.75, 3.05) is 0 Å². The molecular formula is C28H32N4O2. The van der Waals surface area contributed by atoms with Crippen LogP contribution in [-0.2, 0) is 6.42 Å². The second-order valence-electron chi connectivity index (χ2n) is 9.00. The number of ether oxygens (including phenoxy) is 1. The van der Waals surface area contributed by atoms with Gasteiger partial charge in [-0.05, 0) is 56.9 Å². The van der Waals surface area contributed by atoms with Crippen LogP contribution in [-0.4, -0.2) is 26.3 Å². The molecule has 0 N–H and O–H groups in total. The number of hydrogen-bond donors (Lipinski definition) is 0. The number of nitrogens with zero attached hydrogens (tertiary/aromatic N) is 4. The average molecular weight is 457 g/mol. The Morgan fingerprint density at radius 1 is 0.912 bits per heavy atom. The molecule has 0 aliphatic heterocycles. The van der Waals surface area contributed by atoms with Crippen molar-refractivity contribution in [2.24, 2.45) is 0 Å². The number of hydrogen-bond acceptors (Lipinski definition) is 6. The molecule has 4 rings (SSSR count). The molecule has 6 heteroatoms. The monoisotopic (exact) mass is 456 g/mol. The third kappa shape index (κ3) is 6.07. The number of unbranched alkanes of at least 4 members (excludes halogenated alkanes) is 2. The zero-order valence-electron chi connectivity index (χ0n) is 20.4. The maximum Gasteiger partial charge on any atom is 0.241 e. The molecule has 0 radical (unpaired) electrons. The zero-order valence-corrected chi connectivity index (χ0v) is 20.4. The molecular weight excluding hydrogens is 424 g/mol. The predicted molar refractivity (Wildman–Crippen MR) is 136 cm³/mol. The molecule has 34 heavy (non-hydrogen) atoms. The van der Waals surface area contributed by atoms with Gasteiger partial charge in [0.05, 0.1) is 17.1 Å². The molecule has 0 saturated carbocycles. The fraction of sp³-hybridized carbons (Fsp3) is 0.357. The Balaban J connectivity index is 1.41. The highest BCUT2D eigenvalue weighted by molar-refractivity contribution is 5.80. The predicted octanol–water partition coefficient (Wildman–Crippen LogP) is 7.02. The first-order chi connectivity index (χ1) is 16.5. The molecule has 176 valence electrons. The van der Waals surface area contributed by atoms with E-state index in [1.165, 1.54) is 0 Å². The fourth-order valence-corrected chi connectivity index (χ4v) is 3.63. The average Bonchev–Trinajstić information content (AvgIpc) is 3.30. The Morgan fingerprint density at radius 3 is 2.44 bits per heavy atom. The van der Waals surface area contributed by atoms with E-state index in [9.17, 15) is 0 Å². The van der Waals surface area contributed by atoms with Crippen LogP contribution < -0.4 is 4.74 Å². The molecule has 0 aliphatic rings. The zero-order chi connectivity index (χ0) is 23.9. The molecule has 4 aromatic rings. The van der Waals surface area contributed by atoms with E-state index in [0.29, 0.717) is 11.8 Å². The highest BCUT2D eigenvalue weighted by atomic mass is 16.5. The summed E-state index contributed by atoms with van der Waals surface area (Å²) in [5.41, 5.74) is 4.58. The Hall–Kier alpha value is -3.54. The van der Waals surface area contributed by atoms with Crippen molar-refractivity contribution in [1.29, 1.82) is 0 Å². The van der Waals surface area contributed by atoms with Gasteiger partial charge in [-0.2, -0.15) is 0 Å². The molecule has 2 aromatic carbocycles. The van der Waals surface area contributed by atoms with Gasteiger partial charge >= 0.3 is 0 Å². The van der Waals surface area contributed by atoms with Gasteiger partial charge in [0.15, 0.2) is 0 Å². The first kappa shape index (κ1) is 23.6. The molecule has 0 aliphatic carbocycles. The topological polar surface area (TPSA) is 73.9 Å². The molecule has 6 nitrogen and oxygen atoms in total. The second kappa shape index (κ2) is 11.1. The minimum absolute atomic E-state index is 0.0152. The summed E-state index contributed by atoms with van der Waals surface area (Å²) in [6, 6.07) is 16.2. The van der Waals surface area contributed by atoms with E-state index in [-0.39, 0.29) is 12.0 Å². The summed E-state index contributed by atoms with van der Waals surface area (Å²) in [4.78, 5) is 9.60. The van der Waals surface area contributed by atoms with E-state index in [2.05, 4.69) is 54.4 Å². The summed E-state index contributed by atoms with van der Waals surface area (Å²) >= 11 is 0. The largest absolute Gasteiger partial charge is 0.473 e. The third-order valence-corrected chi connectivity index (χ3v) is 5.34. The molecule has 0 saturated heterocycles. The lowest BCUT2D eigenvalue weighted by Gasteiger charge is -2.14. The first-order valence-electron chi connectivity index (χ1n) is 12.0. The Morgan fingerprint density at radius 2 is 1.71 bits per heavy atom. The van der Waals surface area contributed by atoms with Crippen LogP contribution >= 0.6 is 0 Å². The van der Waals surface area contributed by atoms with Crippen molar-refractivity contribution in [2.45, 2.75) is 65.4 Å². The lowest BCUT2D eigenvalue weighted by molar-refractivity contribution is 0.234. The summed E-state index contributed by atoms with van der Waals surface area (Å²) in [6.45, 7) is 8.12. The molecule has 0 fully saturated rings. The molecule has 0 bridgehead atoms. The van der Waals surface area contributed by atoms with Crippen molar-refractivity contribution < 1.29 is 9.15 Å². The van der Waals surface area contributed by atoms with Gasteiger partial charge < -0.3 is 9.15 Å². The van der Waals surface area contributed by atoms with Gasteiger partial charge in [-0.25, -0.2) is 9.97 Å². The number of benzene rings is 2. The quantitative estimate of drug-likeness (QED) is 0.239. The minimum atomic E-state index is 0.0152. The number of aryl methyl sites for hydroxylation is 1. The maximum absolute atomic E-state index is 6.02. The van der Waals surface area contributed by atoms with Crippen molar-refractivity contribution >= 4 is 17.1 Å². The van der Waals surface area contributed by atoms with Gasteiger partial charge in [0.2, 0.25) is 17.7 Å². The van der Waals surface area contributed by atoms with Crippen LogP contribution in [0.2, 0.25) is 0 Å². The summed E-state index contributed by atoms with van der Waals surface area (Å²) in [5.74, 6) is 2.29. The molecule has 2 aromatic heterocycles. The Bertz CT molecular complexity index is 1260. The minimum Gasteiger partial charge on any atom is -0.473 e. The smallest absolute Gasteiger partial charge is 0.241 e. The van der Waals surface area contributed by atoms with Crippen LogP contribution in [0.4, 0.5) is 0 Å². The summed E-state index contributed by atoms with van der Waals surface area (Å²) in [5, 5.41) is 8.22. The van der Waals surface area contributed by atoms with Gasteiger partial charge in [0.25, 0.3) is 0 Å². The third-order valence-electron chi connectivity index (χ3n) is 5.34. The van der Waals surface area contributed by atoms with E-state index in [1.807, 2.05) is 44.2 Å². The van der Waals surface area contributed by atoms with Crippen LogP contribution in [0.3, 0.4) is 0 Å². The van der Waals surface area contributed by atoms with Crippen molar-refractivity contribution in [3.8, 4) is 17.1 Å². The second-order valence-corrected chi connectivity index (χ2v) is 9.00. The van der Waals surface area contributed by atoms with Gasteiger partial charge in [0, 0.05) is 17.9 Å². The maximum atomic E-state index is 6.02. The van der Waals surface area contributed by atoms with Crippen LogP contribution in [0.25, 0.3) is 28.4 Å². The molecule has 0 spiro atoms. The van der Waals surface area contributed by atoms with Crippen LogP contribution in [0.1, 0.15) is 70.2 Å². The first-order valence-corrected chi connectivity index (χ1v) is 12.0. The molecule has 0 atom stereocenters. The lowest BCUT2D eigenvalue weighted by atomic mass is 10.1. The van der Waals surface area contributed by atoms with E-state index < -0.39 is 0 Å². The lowest BCUT2D eigenvalue weighted by Crippen LogP contribution is -2.09. The fourth-order valence-electron chi connectivity index (χ4n) is 3.63. The van der Waals surface area contributed by atoms with Gasteiger partial charge in [-0.15, -0.1) is 10.2 Å². The number of allylic oxidation sites excluding steroid dienone is 1. The summed E-state index contributed by atoms with van der Waals surface area (Å²) in [7, 11) is 0. The number of fused-ring (bicyclic) bond motifs is 1. The van der Waals surface area contributed by atoms with E-state index in [4.69, 9.17) is 19.1 Å². The normalized spacial score (nSPS) is 11.8.